The number of ether oxygens (including phenoxy) is 2. The number of hydrogen-bond donors (Lipinski definition) is 0. The fourth-order valence-electron chi connectivity index (χ4n) is 1.29. The Bertz CT molecular complexity index is 331. The number of carbonyl (C=O) groups excluding carboxylic acids is 1. The van der Waals surface area contributed by atoms with Crippen LogP contribution in [0.4, 0.5) is 0 Å². The summed E-state index contributed by atoms with van der Waals surface area (Å²) in [5, 5.41) is 0. The molecule has 0 radical (unpaired) electrons. The van der Waals surface area contributed by atoms with E-state index in [1.54, 1.807) is 27.2 Å². The molecule has 1 aromatic carbocycles. The fourth-order valence-corrected chi connectivity index (χ4v) is 1.29. The van der Waals surface area contributed by atoms with Crippen molar-refractivity contribution in [2.45, 2.75) is 13.3 Å². The van der Waals surface area contributed by atoms with E-state index in [9.17, 15) is 4.79 Å². The van der Waals surface area contributed by atoms with Gasteiger partial charge in [0.25, 0.3) is 0 Å². The molecule has 0 aliphatic heterocycles. The Labute approximate surface area is 83.6 Å². The molecule has 3 heteroatoms. The molecule has 0 fully saturated rings. The summed E-state index contributed by atoms with van der Waals surface area (Å²) in [5.41, 5.74) is 0.861. The van der Waals surface area contributed by atoms with E-state index in [0.29, 0.717) is 6.42 Å². The van der Waals surface area contributed by atoms with Crippen LogP contribution < -0.4 is 9.47 Å². The largest absolute Gasteiger partial charge is 0.497 e. The lowest BCUT2D eigenvalue weighted by Crippen LogP contribution is -2.00. The molecule has 0 saturated heterocycles. The van der Waals surface area contributed by atoms with Crippen molar-refractivity contribution >= 4 is 5.78 Å². The Morgan fingerprint density at radius 3 is 2.50 bits per heavy atom. The second-order valence-corrected chi connectivity index (χ2v) is 3.06. The van der Waals surface area contributed by atoms with Gasteiger partial charge >= 0.3 is 0 Å². The standard InChI is InChI=1S/C11H14O3/c1-8(12)6-9-7-10(13-2)4-5-11(9)14-3/h4-5,7H,6H2,1-3H3. The van der Waals surface area contributed by atoms with Crippen molar-refractivity contribution in [2.24, 2.45) is 0 Å². The van der Waals surface area contributed by atoms with E-state index in [-0.39, 0.29) is 5.78 Å². The smallest absolute Gasteiger partial charge is 0.134 e. The third kappa shape index (κ3) is 2.49. The molecule has 76 valence electrons. The van der Waals surface area contributed by atoms with Gasteiger partial charge < -0.3 is 9.47 Å². The van der Waals surface area contributed by atoms with Crippen LogP contribution in [-0.4, -0.2) is 20.0 Å². The van der Waals surface area contributed by atoms with E-state index in [1.165, 1.54) is 0 Å². The highest BCUT2D eigenvalue weighted by atomic mass is 16.5. The maximum absolute atomic E-state index is 11.0. The summed E-state index contributed by atoms with van der Waals surface area (Å²) in [6.45, 7) is 1.55. The molecule has 0 heterocycles. The number of methoxy groups -OCH3 is 2. The minimum atomic E-state index is 0.108. The molecule has 3 nitrogen and oxygen atoms in total. The summed E-state index contributed by atoms with van der Waals surface area (Å²) in [5.74, 6) is 1.57. The lowest BCUT2D eigenvalue weighted by atomic mass is 10.1. The molecule has 0 aliphatic rings. The number of hydrogen-bond acceptors (Lipinski definition) is 3. The van der Waals surface area contributed by atoms with Gasteiger partial charge in [-0.2, -0.15) is 0 Å². The van der Waals surface area contributed by atoms with E-state index in [1.807, 2.05) is 12.1 Å². The summed E-state index contributed by atoms with van der Waals surface area (Å²) in [6.07, 6.45) is 0.375. The van der Waals surface area contributed by atoms with Crippen LogP contribution in [0.15, 0.2) is 18.2 Å². The van der Waals surface area contributed by atoms with Crippen LogP contribution >= 0.6 is 0 Å². The second kappa shape index (κ2) is 4.65. The molecule has 1 rings (SSSR count). The second-order valence-electron chi connectivity index (χ2n) is 3.06. The van der Waals surface area contributed by atoms with Gasteiger partial charge in [-0.3, -0.25) is 4.79 Å². The molecule has 14 heavy (non-hydrogen) atoms. The first-order chi connectivity index (χ1) is 6.67. The van der Waals surface area contributed by atoms with E-state index in [4.69, 9.17) is 9.47 Å². The highest BCUT2D eigenvalue weighted by Gasteiger charge is 2.06. The average molecular weight is 194 g/mol. The lowest BCUT2D eigenvalue weighted by Gasteiger charge is -2.08. The van der Waals surface area contributed by atoms with Gasteiger partial charge in [0.1, 0.15) is 17.3 Å². The molecule has 0 saturated carbocycles. The molecule has 0 spiro atoms. The van der Waals surface area contributed by atoms with Crippen LogP contribution in [0, 0.1) is 0 Å². The zero-order valence-corrected chi connectivity index (χ0v) is 8.66. The molecule has 0 amide bonds. The number of ketones is 1. The topological polar surface area (TPSA) is 35.5 Å². The van der Waals surface area contributed by atoms with Crippen molar-refractivity contribution < 1.29 is 14.3 Å². The van der Waals surface area contributed by atoms with Crippen LogP contribution in [0.1, 0.15) is 12.5 Å². The quantitative estimate of drug-likeness (QED) is 0.733. The highest BCUT2D eigenvalue weighted by Crippen LogP contribution is 2.24. The number of Topliss-reactive ketones (excluding diaryl/α,β-unsaturated/α-hetero) is 1. The van der Waals surface area contributed by atoms with Crippen molar-refractivity contribution in [1.82, 2.24) is 0 Å². The molecular formula is C11H14O3. The van der Waals surface area contributed by atoms with Gasteiger partial charge in [0.15, 0.2) is 0 Å². The predicted octanol–water partition coefficient (Wildman–Crippen LogP) is 1.84. The molecule has 0 unspecified atom stereocenters. The number of benzene rings is 1. The van der Waals surface area contributed by atoms with Gasteiger partial charge in [-0.1, -0.05) is 0 Å². The van der Waals surface area contributed by atoms with Crippen LogP contribution in [0.5, 0.6) is 11.5 Å². The minimum absolute atomic E-state index is 0.108. The Kier molecular flexibility index (Phi) is 3.51. The van der Waals surface area contributed by atoms with Gasteiger partial charge in [-0.05, 0) is 25.1 Å². The summed E-state index contributed by atoms with van der Waals surface area (Å²) >= 11 is 0. The third-order valence-corrected chi connectivity index (χ3v) is 1.93. The Hall–Kier alpha value is -1.51. The molecule has 0 aromatic heterocycles. The van der Waals surface area contributed by atoms with Gasteiger partial charge in [0, 0.05) is 12.0 Å². The van der Waals surface area contributed by atoms with Crippen LogP contribution in [0.2, 0.25) is 0 Å². The van der Waals surface area contributed by atoms with Gasteiger partial charge in [-0.15, -0.1) is 0 Å². The molecule has 0 bridgehead atoms. The van der Waals surface area contributed by atoms with Crippen LogP contribution in [0.25, 0.3) is 0 Å². The van der Waals surface area contributed by atoms with Crippen molar-refractivity contribution in [2.75, 3.05) is 14.2 Å². The third-order valence-electron chi connectivity index (χ3n) is 1.93. The maximum atomic E-state index is 11.0. The van der Waals surface area contributed by atoms with E-state index >= 15 is 0 Å². The number of carbonyl (C=O) groups is 1. The first kappa shape index (κ1) is 10.6. The van der Waals surface area contributed by atoms with Gasteiger partial charge in [0.05, 0.1) is 14.2 Å². The molecule has 0 aliphatic carbocycles. The average Bonchev–Trinajstić information content (AvgIpc) is 2.16. The number of rotatable bonds is 4. The van der Waals surface area contributed by atoms with Crippen LogP contribution in [-0.2, 0) is 11.2 Å². The van der Waals surface area contributed by atoms with E-state index in [2.05, 4.69) is 0 Å². The minimum Gasteiger partial charge on any atom is -0.497 e. The van der Waals surface area contributed by atoms with Crippen molar-refractivity contribution in [1.29, 1.82) is 0 Å². The van der Waals surface area contributed by atoms with Gasteiger partial charge in [-0.25, -0.2) is 0 Å². The normalized spacial score (nSPS) is 9.64. The Morgan fingerprint density at radius 1 is 1.29 bits per heavy atom. The SMILES string of the molecule is COc1ccc(OC)c(CC(C)=O)c1. The predicted molar refractivity (Wildman–Crippen MR) is 53.9 cm³/mol. The van der Waals surface area contributed by atoms with E-state index < -0.39 is 0 Å². The molecule has 1 aromatic rings. The molecule has 0 N–H and O–H groups in total. The van der Waals surface area contributed by atoms with Crippen LogP contribution in [0.3, 0.4) is 0 Å². The first-order valence-corrected chi connectivity index (χ1v) is 4.37. The first-order valence-electron chi connectivity index (χ1n) is 4.37. The van der Waals surface area contributed by atoms with Gasteiger partial charge in [0.2, 0.25) is 0 Å². The highest BCUT2D eigenvalue weighted by molar-refractivity contribution is 5.79. The summed E-state index contributed by atoms with van der Waals surface area (Å²) in [7, 11) is 3.19. The monoisotopic (exact) mass is 194 g/mol. The maximum Gasteiger partial charge on any atom is 0.134 e. The Morgan fingerprint density at radius 2 is 2.00 bits per heavy atom. The van der Waals surface area contributed by atoms with E-state index in [0.717, 1.165) is 17.1 Å². The fraction of sp³-hybridized carbons (Fsp3) is 0.364. The Balaban J connectivity index is 3.01. The van der Waals surface area contributed by atoms with Crippen molar-refractivity contribution in [3.05, 3.63) is 23.8 Å². The summed E-state index contributed by atoms with van der Waals surface area (Å²) in [4.78, 5) is 11.0. The van der Waals surface area contributed by atoms with Crippen molar-refractivity contribution in [3.63, 3.8) is 0 Å². The molecular weight excluding hydrogens is 180 g/mol. The molecule has 0 atom stereocenters. The lowest BCUT2D eigenvalue weighted by molar-refractivity contribution is -0.116. The summed E-state index contributed by atoms with van der Waals surface area (Å²) in [6, 6.07) is 5.43. The zero-order chi connectivity index (χ0) is 10.6. The zero-order valence-electron chi connectivity index (χ0n) is 8.66. The van der Waals surface area contributed by atoms with Crippen molar-refractivity contribution in [3.8, 4) is 11.5 Å². The summed E-state index contributed by atoms with van der Waals surface area (Å²) < 4.78 is 10.2.